The van der Waals surface area contributed by atoms with Crippen LogP contribution in [0.3, 0.4) is 0 Å². The predicted molar refractivity (Wildman–Crippen MR) is 100 cm³/mol. The molecule has 142 valence electrons. The van der Waals surface area contributed by atoms with Crippen LogP contribution in [0.4, 0.5) is 5.95 Å². The van der Waals surface area contributed by atoms with E-state index in [0.29, 0.717) is 17.5 Å². The minimum atomic E-state index is -3.94. The fourth-order valence-corrected chi connectivity index (χ4v) is 3.93. The van der Waals surface area contributed by atoms with Gasteiger partial charge in [-0.3, -0.25) is 0 Å². The molecule has 7 nitrogen and oxygen atoms in total. The molecule has 0 bridgehead atoms. The Hall–Kier alpha value is -1.80. The van der Waals surface area contributed by atoms with Gasteiger partial charge in [-0.15, -0.1) is 0 Å². The van der Waals surface area contributed by atoms with Crippen LogP contribution in [0.1, 0.15) is 40.0 Å². The predicted octanol–water partition coefficient (Wildman–Crippen LogP) is 3.67. The second kappa shape index (κ2) is 7.08. The van der Waals surface area contributed by atoms with E-state index < -0.39 is 15.6 Å². The van der Waals surface area contributed by atoms with Crippen LogP contribution >= 0.6 is 11.6 Å². The second-order valence-corrected chi connectivity index (χ2v) is 9.53. The van der Waals surface area contributed by atoms with Gasteiger partial charge >= 0.3 is 0 Å². The number of ether oxygens (including phenoxy) is 1. The van der Waals surface area contributed by atoms with Crippen molar-refractivity contribution in [2.45, 2.75) is 50.5 Å². The molecule has 1 saturated carbocycles. The van der Waals surface area contributed by atoms with Crippen LogP contribution in [-0.2, 0) is 15.6 Å². The van der Waals surface area contributed by atoms with Gasteiger partial charge in [-0.2, -0.15) is 10.1 Å². The van der Waals surface area contributed by atoms with Gasteiger partial charge in [0.15, 0.2) is 0 Å². The van der Waals surface area contributed by atoms with Crippen molar-refractivity contribution in [2.24, 2.45) is 5.92 Å². The van der Waals surface area contributed by atoms with Crippen molar-refractivity contribution in [3.05, 3.63) is 29.5 Å². The molecule has 0 saturated heterocycles. The van der Waals surface area contributed by atoms with Gasteiger partial charge < -0.3 is 4.74 Å². The number of nitrogens with zero attached hydrogens (tertiary/aromatic N) is 3. The van der Waals surface area contributed by atoms with Crippen molar-refractivity contribution in [1.29, 1.82) is 0 Å². The lowest BCUT2D eigenvalue weighted by Gasteiger charge is -2.21. The average molecular weight is 399 g/mol. The number of benzene rings is 1. The number of aromatic nitrogens is 3. The van der Waals surface area contributed by atoms with Crippen LogP contribution in [-0.4, -0.2) is 29.8 Å². The van der Waals surface area contributed by atoms with Crippen molar-refractivity contribution in [3.63, 3.8) is 0 Å². The van der Waals surface area contributed by atoms with E-state index in [1.807, 2.05) is 20.8 Å². The molecule has 0 spiro atoms. The Balaban J connectivity index is 1.86. The largest absolute Gasteiger partial charge is 0.492 e. The summed E-state index contributed by atoms with van der Waals surface area (Å²) in [5.41, 5.74) is -0.424. The Morgan fingerprint density at radius 3 is 2.73 bits per heavy atom. The van der Waals surface area contributed by atoms with Crippen LogP contribution < -0.4 is 9.46 Å². The third-order valence-electron chi connectivity index (χ3n) is 4.08. The van der Waals surface area contributed by atoms with Gasteiger partial charge in [0.25, 0.3) is 10.0 Å². The maximum Gasteiger partial charge on any atom is 0.267 e. The molecule has 0 aliphatic heterocycles. The number of hydrogen-bond donors (Lipinski definition) is 1. The first-order valence-electron chi connectivity index (χ1n) is 8.52. The number of halogens is 1. The molecule has 1 N–H and O–H groups in total. The summed E-state index contributed by atoms with van der Waals surface area (Å²) in [5, 5.41) is 4.42. The number of sulfonamides is 1. The van der Waals surface area contributed by atoms with Crippen LogP contribution in [0.5, 0.6) is 5.75 Å². The highest BCUT2D eigenvalue weighted by Gasteiger charge is 2.26. The van der Waals surface area contributed by atoms with Gasteiger partial charge in [0, 0.05) is 5.02 Å². The topological polar surface area (TPSA) is 86.1 Å². The zero-order valence-electron chi connectivity index (χ0n) is 15.1. The minimum Gasteiger partial charge on any atom is -0.492 e. The monoisotopic (exact) mass is 398 g/mol. The zero-order chi connectivity index (χ0) is 18.9. The molecule has 3 rings (SSSR count). The van der Waals surface area contributed by atoms with E-state index in [1.165, 1.54) is 29.9 Å². The molecule has 0 unspecified atom stereocenters. The Kier molecular flexibility index (Phi) is 5.16. The number of rotatable bonds is 7. The summed E-state index contributed by atoms with van der Waals surface area (Å²) in [7, 11) is -3.94. The van der Waals surface area contributed by atoms with Crippen molar-refractivity contribution in [1.82, 2.24) is 14.8 Å². The molecular weight excluding hydrogens is 376 g/mol. The molecule has 1 heterocycles. The van der Waals surface area contributed by atoms with E-state index in [4.69, 9.17) is 16.3 Å². The van der Waals surface area contributed by atoms with Crippen molar-refractivity contribution < 1.29 is 13.2 Å². The third-order valence-corrected chi connectivity index (χ3v) is 5.67. The standard InChI is InChI=1S/C17H23ClN4O3S/c1-17(2,3)22-16(19-11-20-22)21-26(23,24)15-10-13(18)6-7-14(15)25-9-8-12-4-5-12/h6-7,10-12H,4-5,8-9H2,1-3H3,(H,19,20,21). The molecule has 1 fully saturated rings. The van der Waals surface area contributed by atoms with Crippen LogP contribution in [0, 0.1) is 5.92 Å². The molecule has 1 aliphatic carbocycles. The molecule has 2 aromatic rings. The summed E-state index contributed by atoms with van der Waals surface area (Å²) in [6, 6.07) is 4.58. The lowest BCUT2D eigenvalue weighted by atomic mass is 10.1. The molecular formula is C17H23ClN4O3S. The second-order valence-electron chi connectivity index (χ2n) is 7.44. The third kappa shape index (κ3) is 4.48. The Bertz CT molecular complexity index is 886. The van der Waals surface area contributed by atoms with E-state index in [9.17, 15) is 8.42 Å². The van der Waals surface area contributed by atoms with E-state index in [1.54, 1.807) is 12.1 Å². The maximum absolute atomic E-state index is 12.9. The van der Waals surface area contributed by atoms with Gasteiger partial charge in [-0.1, -0.05) is 24.4 Å². The van der Waals surface area contributed by atoms with Crippen LogP contribution in [0.25, 0.3) is 0 Å². The zero-order valence-corrected chi connectivity index (χ0v) is 16.6. The highest BCUT2D eigenvalue weighted by molar-refractivity contribution is 7.92. The molecule has 0 atom stereocenters. The summed E-state index contributed by atoms with van der Waals surface area (Å²) in [6.45, 7) is 6.20. The minimum absolute atomic E-state index is 0.00995. The van der Waals surface area contributed by atoms with Crippen molar-refractivity contribution in [3.8, 4) is 5.75 Å². The van der Waals surface area contributed by atoms with Gasteiger partial charge in [-0.05, 0) is 51.3 Å². The van der Waals surface area contributed by atoms with Crippen molar-refractivity contribution >= 4 is 27.6 Å². The normalized spacial score (nSPS) is 15.1. The number of anilines is 1. The molecule has 0 radical (unpaired) electrons. The number of nitrogens with one attached hydrogen (secondary N) is 1. The van der Waals surface area contributed by atoms with Crippen LogP contribution in [0.2, 0.25) is 5.02 Å². The van der Waals surface area contributed by atoms with E-state index in [-0.39, 0.29) is 16.6 Å². The molecule has 1 aliphatic rings. The summed E-state index contributed by atoms with van der Waals surface area (Å²) < 4.78 is 35.6. The SMILES string of the molecule is CC(C)(C)n1ncnc1NS(=O)(=O)c1cc(Cl)ccc1OCCC1CC1. The molecule has 9 heteroatoms. The summed E-state index contributed by atoms with van der Waals surface area (Å²) in [6.07, 6.45) is 4.68. The lowest BCUT2D eigenvalue weighted by Crippen LogP contribution is -2.27. The number of hydrogen-bond acceptors (Lipinski definition) is 5. The molecule has 1 aromatic carbocycles. The highest BCUT2D eigenvalue weighted by atomic mass is 35.5. The summed E-state index contributed by atoms with van der Waals surface area (Å²) in [5.74, 6) is 1.12. The van der Waals surface area contributed by atoms with Crippen molar-refractivity contribution in [2.75, 3.05) is 11.3 Å². The Labute approximate surface area is 158 Å². The average Bonchev–Trinajstić information content (AvgIpc) is 3.24. The molecule has 0 amide bonds. The first-order valence-corrected chi connectivity index (χ1v) is 10.4. The van der Waals surface area contributed by atoms with Crippen LogP contribution in [0.15, 0.2) is 29.4 Å². The van der Waals surface area contributed by atoms with E-state index >= 15 is 0 Å². The highest BCUT2D eigenvalue weighted by Crippen LogP contribution is 2.34. The summed E-state index contributed by atoms with van der Waals surface area (Å²) >= 11 is 6.02. The van der Waals surface area contributed by atoms with Gasteiger partial charge in [0.2, 0.25) is 5.95 Å². The fourth-order valence-electron chi connectivity index (χ4n) is 2.53. The Morgan fingerprint density at radius 2 is 2.08 bits per heavy atom. The van der Waals surface area contributed by atoms with E-state index in [2.05, 4.69) is 14.8 Å². The summed E-state index contributed by atoms with van der Waals surface area (Å²) in [4.78, 5) is 4.02. The molecule has 1 aromatic heterocycles. The van der Waals surface area contributed by atoms with Gasteiger partial charge in [0.05, 0.1) is 12.1 Å². The molecule has 26 heavy (non-hydrogen) atoms. The smallest absolute Gasteiger partial charge is 0.267 e. The Morgan fingerprint density at radius 1 is 1.35 bits per heavy atom. The lowest BCUT2D eigenvalue weighted by molar-refractivity contribution is 0.295. The van der Waals surface area contributed by atoms with Gasteiger partial charge in [-0.25, -0.2) is 17.8 Å². The quantitative estimate of drug-likeness (QED) is 0.768. The first kappa shape index (κ1) is 19.0. The van der Waals surface area contributed by atoms with Gasteiger partial charge in [0.1, 0.15) is 17.0 Å². The maximum atomic E-state index is 12.9. The fraction of sp³-hybridized carbons (Fsp3) is 0.529. The first-order chi connectivity index (χ1) is 12.2. The van der Waals surface area contributed by atoms with E-state index in [0.717, 1.165) is 6.42 Å².